The highest BCUT2D eigenvalue weighted by molar-refractivity contribution is 5.47. The third kappa shape index (κ3) is 4.88. The Labute approximate surface area is 184 Å². The van der Waals surface area contributed by atoms with Gasteiger partial charge in [0.1, 0.15) is 5.75 Å². The van der Waals surface area contributed by atoms with E-state index in [4.69, 9.17) is 4.74 Å². The average molecular weight is 421 g/mol. The molecule has 1 aromatic heterocycles. The van der Waals surface area contributed by atoms with Crippen molar-refractivity contribution in [3.8, 4) is 5.75 Å². The second-order valence-corrected chi connectivity index (χ2v) is 8.65. The lowest BCUT2D eigenvalue weighted by Gasteiger charge is -2.36. The van der Waals surface area contributed by atoms with Gasteiger partial charge < -0.3 is 9.64 Å². The Morgan fingerprint density at radius 2 is 1.71 bits per heavy atom. The molecular weight excluding hydrogens is 388 g/mol. The van der Waals surface area contributed by atoms with Crippen LogP contribution in [-0.2, 0) is 6.54 Å². The predicted octanol–water partition coefficient (Wildman–Crippen LogP) is 3.62. The lowest BCUT2D eigenvalue weighted by molar-refractivity contribution is 0.150. The largest absolute Gasteiger partial charge is 0.497 e. The van der Waals surface area contributed by atoms with Crippen molar-refractivity contribution in [2.75, 3.05) is 39.2 Å². The van der Waals surface area contributed by atoms with E-state index in [0.29, 0.717) is 6.54 Å². The molecule has 2 aromatic carbocycles. The Balaban J connectivity index is 1.66. The molecule has 2 heterocycles. The standard InChI is InChI=1S/C24H32N6O/c1-18-13-15-29(16-14-18)23(20-7-9-21(10-8-20)28(2)3)24-25-26-27-30(24)17-19-5-11-22(31-4)12-6-19/h5-12,18,23H,13-17H2,1-4H3/t23-/m0/s1. The molecule has 0 spiro atoms. The summed E-state index contributed by atoms with van der Waals surface area (Å²) in [4.78, 5) is 4.65. The molecule has 1 aliphatic rings. The van der Waals surface area contributed by atoms with Gasteiger partial charge in [0.05, 0.1) is 19.7 Å². The number of methoxy groups -OCH3 is 1. The van der Waals surface area contributed by atoms with E-state index in [0.717, 1.165) is 36.1 Å². The molecule has 0 N–H and O–H groups in total. The fraction of sp³-hybridized carbons (Fsp3) is 0.458. The maximum Gasteiger partial charge on any atom is 0.173 e. The highest BCUT2D eigenvalue weighted by Gasteiger charge is 2.30. The summed E-state index contributed by atoms with van der Waals surface area (Å²) in [5, 5.41) is 12.9. The predicted molar refractivity (Wildman–Crippen MR) is 122 cm³/mol. The van der Waals surface area contributed by atoms with Gasteiger partial charge in [0.15, 0.2) is 5.82 Å². The SMILES string of the molecule is COc1ccc(Cn2nnnc2[C@H](c2ccc(N(C)C)cc2)N2CCC(C)CC2)cc1. The van der Waals surface area contributed by atoms with E-state index in [-0.39, 0.29) is 6.04 Å². The van der Waals surface area contributed by atoms with Gasteiger partial charge in [0, 0.05) is 19.8 Å². The van der Waals surface area contributed by atoms with Gasteiger partial charge >= 0.3 is 0 Å². The Kier molecular flexibility index (Phi) is 6.51. The maximum atomic E-state index is 5.28. The first-order valence-corrected chi connectivity index (χ1v) is 11.0. The van der Waals surface area contributed by atoms with Crippen LogP contribution < -0.4 is 9.64 Å². The minimum atomic E-state index is 0.0389. The Morgan fingerprint density at radius 1 is 1.03 bits per heavy atom. The molecule has 7 heteroatoms. The zero-order chi connectivity index (χ0) is 21.8. The first kappa shape index (κ1) is 21.3. The van der Waals surface area contributed by atoms with Crippen molar-refractivity contribution in [3.05, 3.63) is 65.5 Å². The molecule has 4 rings (SSSR count). The zero-order valence-corrected chi connectivity index (χ0v) is 18.9. The number of benzene rings is 2. The molecule has 0 bridgehead atoms. The second kappa shape index (κ2) is 9.47. The van der Waals surface area contributed by atoms with Crippen molar-refractivity contribution in [2.24, 2.45) is 5.92 Å². The van der Waals surface area contributed by atoms with Crippen molar-refractivity contribution >= 4 is 5.69 Å². The molecule has 0 saturated carbocycles. The number of tetrazole rings is 1. The molecule has 1 saturated heterocycles. The van der Waals surface area contributed by atoms with Crippen LogP contribution in [0.3, 0.4) is 0 Å². The molecule has 0 amide bonds. The summed E-state index contributed by atoms with van der Waals surface area (Å²) >= 11 is 0. The molecule has 31 heavy (non-hydrogen) atoms. The van der Waals surface area contributed by atoms with Crippen LogP contribution in [0.5, 0.6) is 5.75 Å². The van der Waals surface area contributed by atoms with E-state index in [1.54, 1.807) is 7.11 Å². The van der Waals surface area contributed by atoms with Crippen molar-refractivity contribution in [3.63, 3.8) is 0 Å². The van der Waals surface area contributed by atoms with E-state index in [1.165, 1.54) is 24.1 Å². The molecule has 164 valence electrons. The second-order valence-electron chi connectivity index (χ2n) is 8.65. The van der Waals surface area contributed by atoms with Crippen LogP contribution in [0.15, 0.2) is 48.5 Å². The zero-order valence-electron chi connectivity index (χ0n) is 18.9. The van der Waals surface area contributed by atoms with E-state index in [1.807, 2.05) is 16.8 Å². The summed E-state index contributed by atoms with van der Waals surface area (Å²) in [5.74, 6) is 2.51. The van der Waals surface area contributed by atoms with Gasteiger partial charge in [-0.1, -0.05) is 31.2 Å². The van der Waals surface area contributed by atoms with Crippen LogP contribution in [0.2, 0.25) is 0 Å². The fourth-order valence-electron chi connectivity index (χ4n) is 4.19. The lowest BCUT2D eigenvalue weighted by atomic mass is 9.95. The van der Waals surface area contributed by atoms with Gasteiger partial charge in [-0.15, -0.1) is 5.10 Å². The molecule has 1 aliphatic heterocycles. The number of likely N-dealkylation sites (tertiary alicyclic amines) is 1. The van der Waals surface area contributed by atoms with Gasteiger partial charge in [-0.2, -0.15) is 0 Å². The molecule has 1 atom stereocenters. The average Bonchev–Trinajstić information content (AvgIpc) is 3.24. The van der Waals surface area contributed by atoms with E-state index < -0.39 is 0 Å². The normalized spacial score (nSPS) is 16.3. The maximum absolute atomic E-state index is 5.28. The molecule has 0 aliphatic carbocycles. The van der Waals surface area contributed by atoms with Gasteiger partial charge in [0.2, 0.25) is 0 Å². The number of hydrogen-bond acceptors (Lipinski definition) is 6. The first-order valence-electron chi connectivity index (χ1n) is 11.0. The van der Waals surface area contributed by atoms with Crippen molar-refractivity contribution in [2.45, 2.75) is 32.4 Å². The molecular formula is C24H32N6O. The number of nitrogens with zero attached hydrogens (tertiary/aromatic N) is 6. The van der Waals surface area contributed by atoms with Crippen molar-refractivity contribution in [1.82, 2.24) is 25.1 Å². The number of hydrogen-bond donors (Lipinski definition) is 0. The number of anilines is 1. The van der Waals surface area contributed by atoms with E-state index in [9.17, 15) is 0 Å². The first-order chi connectivity index (χ1) is 15.0. The summed E-state index contributed by atoms with van der Waals surface area (Å²) in [7, 11) is 5.81. The highest BCUT2D eigenvalue weighted by Crippen LogP contribution is 2.32. The van der Waals surface area contributed by atoms with Crippen LogP contribution in [0, 0.1) is 5.92 Å². The van der Waals surface area contributed by atoms with E-state index >= 15 is 0 Å². The Morgan fingerprint density at radius 3 is 2.32 bits per heavy atom. The van der Waals surface area contributed by atoms with Crippen LogP contribution >= 0.6 is 0 Å². The fourth-order valence-corrected chi connectivity index (χ4v) is 4.19. The monoisotopic (exact) mass is 420 g/mol. The van der Waals surface area contributed by atoms with Crippen LogP contribution in [0.1, 0.15) is 42.8 Å². The Hall–Kier alpha value is -2.93. The summed E-state index contributed by atoms with van der Waals surface area (Å²) < 4.78 is 7.22. The highest BCUT2D eigenvalue weighted by atomic mass is 16.5. The van der Waals surface area contributed by atoms with E-state index in [2.05, 4.69) is 82.7 Å². The minimum Gasteiger partial charge on any atom is -0.497 e. The van der Waals surface area contributed by atoms with Gasteiger partial charge in [-0.25, -0.2) is 4.68 Å². The molecule has 0 unspecified atom stereocenters. The Bertz CT molecular complexity index is 958. The van der Waals surface area contributed by atoms with Gasteiger partial charge in [0.25, 0.3) is 0 Å². The third-order valence-electron chi connectivity index (χ3n) is 6.20. The van der Waals surface area contributed by atoms with Crippen molar-refractivity contribution < 1.29 is 4.74 Å². The molecule has 0 radical (unpaired) electrons. The lowest BCUT2D eigenvalue weighted by Crippen LogP contribution is -2.38. The van der Waals surface area contributed by atoms with Crippen LogP contribution in [0.25, 0.3) is 0 Å². The van der Waals surface area contributed by atoms with Crippen LogP contribution in [-0.4, -0.2) is 59.4 Å². The van der Waals surface area contributed by atoms with Crippen molar-refractivity contribution in [1.29, 1.82) is 0 Å². The number of piperidine rings is 1. The van der Waals surface area contributed by atoms with Gasteiger partial charge in [-0.3, -0.25) is 4.90 Å². The quantitative estimate of drug-likeness (QED) is 0.582. The number of rotatable bonds is 7. The number of aromatic nitrogens is 4. The topological polar surface area (TPSA) is 59.3 Å². The summed E-state index contributed by atoms with van der Waals surface area (Å²) in [6.07, 6.45) is 2.40. The van der Waals surface area contributed by atoms with Crippen LogP contribution in [0.4, 0.5) is 5.69 Å². The molecule has 1 fully saturated rings. The molecule has 7 nitrogen and oxygen atoms in total. The minimum absolute atomic E-state index is 0.0389. The van der Waals surface area contributed by atoms with Gasteiger partial charge in [-0.05, 0) is 77.7 Å². The smallest absolute Gasteiger partial charge is 0.173 e. The molecule has 3 aromatic rings. The third-order valence-corrected chi connectivity index (χ3v) is 6.20. The summed E-state index contributed by atoms with van der Waals surface area (Å²) in [6, 6.07) is 16.9. The number of ether oxygens (including phenoxy) is 1. The summed E-state index contributed by atoms with van der Waals surface area (Å²) in [5.41, 5.74) is 3.56. The summed E-state index contributed by atoms with van der Waals surface area (Å²) in [6.45, 7) is 5.07.